The quantitative estimate of drug-likeness (QED) is 0.836. The van der Waals surface area contributed by atoms with E-state index in [0.717, 1.165) is 25.7 Å². The van der Waals surface area contributed by atoms with Gasteiger partial charge in [0.1, 0.15) is 0 Å². The molecule has 0 bridgehead atoms. The third-order valence-electron chi connectivity index (χ3n) is 3.15. The number of halogens is 2. The number of nitrogens with one attached hydrogen (secondary N) is 1. The molecule has 1 aliphatic rings. The second-order valence-electron chi connectivity index (χ2n) is 4.54. The van der Waals surface area contributed by atoms with Gasteiger partial charge in [0.05, 0.1) is 4.90 Å². The van der Waals surface area contributed by atoms with Crippen molar-refractivity contribution >= 4 is 41.6 Å². The van der Waals surface area contributed by atoms with Gasteiger partial charge in [0.2, 0.25) is 0 Å². The summed E-state index contributed by atoms with van der Waals surface area (Å²) in [5.41, 5.74) is 0.300. The van der Waals surface area contributed by atoms with E-state index in [1.807, 2.05) is 0 Å². The van der Waals surface area contributed by atoms with Crippen molar-refractivity contribution in [3.63, 3.8) is 0 Å². The minimum Gasteiger partial charge on any atom is -0.349 e. The maximum absolute atomic E-state index is 12.0. The van der Waals surface area contributed by atoms with Crippen LogP contribution in [0.1, 0.15) is 36.0 Å². The zero-order valence-electron chi connectivity index (χ0n) is 10.0. The molecule has 0 aliphatic heterocycles. The van der Waals surface area contributed by atoms with E-state index in [1.165, 1.54) is 12.1 Å². The van der Waals surface area contributed by atoms with Crippen molar-refractivity contribution in [1.29, 1.82) is 0 Å². The smallest absolute Gasteiger partial charge is 0.262 e. The summed E-state index contributed by atoms with van der Waals surface area (Å²) in [5.74, 6) is -0.263. The molecule has 0 aromatic heterocycles. The minimum atomic E-state index is -3.87. The average molecular weight is 367 g/mol. The molecule has 1 aliphatic carbocycles. The number of benzene rings is 1. The third kappa shape index (κ3) is 3.70. The maximum atomic E-state index is 12.0. The first-order chi connectivity index (χ1) is 8.88. The van der Waals surface area contributed by atoms with Gasteiger partial charge in [0.25, 0.3) is 15.0 Å². The first-order valence-electron chi connectivity index (χ1n) is 5.93. The van der Waals surface area contributed by atoms with Gasteiger partial charge >= 0.3 is 0 Å². The van der Waals surface area contributed by atoms with Crippen LogP contribution < -0.4 is 5.32 Å². The van der Waals surface area contributed by atoms with Crippen LogP contribution in [-0.2, 0) is 9.05 Å². The molecular formula is C12H13BrClNO3S. The number of carbonyl (C=O) groups excluding carboxylic acids is 1. The minimum absolute atomic E-state index is 0.0896. The lowest BCUT2D eigenvalue weighted by Crippen LogP contribution is -2.32. The van der Waals surface area contributed by atoms with Crippen molar-refractivity contribution < 1.29 is 13.2 Å². The summed E-state index contributed by atoms with van der Waals surface area (Å²) in [6, 6.07) is 4.56. The molecule has 19 heavy (non-hydrogen) atoms. The Hall–Kier alpha value is -0.590. The van der Waals surface area contributed by atoms with Crippen LogP contribution in [0.25, 0.3) is 0 Å². The summed E-state index contributed by atoms with van der Waals surface area (Å²) in [4.78, 5) is 11.9. The zero-order valence-corrected chi connectivity index (χ0v) is 13.2. The largest absolute Gasteiger partial charge is 0.349 e. The van der Waals surface area contributed by atoms with Crippen LogP contribution in [0.4, 0.5) is 0 Å². The van der Waals surface area contributed by atoms with E-state index in [4.69, 9.17) is 10.7 Å². The highest BCUT2D eigenvalue weighted by atomic mass is 79.9. The maximum Gasteiger partial charge on any atom is 0.262 e. The average Bonchev–Trinajstić information content (AvgIpc) is 2.80. The Balaban J connectivity index is 2.23. The highest BCUT2D eigenvalue weighted by molar-refractivity contribution is 9.10. The first kappa shape index (κ1) is 14.8. The molecule has 1 saturated carbocycles. The van der Waals surface area contributed by atoms with Crippen LogP contribution in [0.2, 0.25) is 0 Å². The van der Waals surface area contributed by atoms with Gasteiger partial charge < -0.3 is 5.32 Å². The summed E-state index contributed by atoms with van der Waals surface area (Å²) in [7, 11) is 1.45. The van der Waals surface area contributed by atoms with Gasteiger partial charge in [0, 0.05) is 26.8 Å². The fraction of sp³-hybridized carbons (Fsp3) is 0.417. The van der Waals surface area contributed by atoms with Gasteiger partial charge in [-0.05, 0) is 47.0 Å². The number of rotatable bonds is 3. The Labute approximate surface area is 125 Å². The van der Waals surface area contributed by atoms with E-state index in [2.05, 4.69) is 21.2 Å². The van der Waals surface area contributed by atoms with Crippen molar-refractivity contribution in [1.82, 2.24) is 5.32 Å². The zero-order chi connectivity index (χ0) is 14.0. The topological polar surface area (TPSA) is 63.2 Å². The molecule has 1 N–H and O–H groups in total. The van der Waals surface area contributed by atoms with Crippen molar-refractivity contribution in [3.8, 4) is 0 Å². The molecular weight excluding hydrogens is 354 g/mol. The van der Waals surface area contributed by atoms with Crippen LogP contribution in [0.3, 0.4) is 0 Å². The van der Waals surface area contributed by atoms with Gasteiger partial charge in [-0.3, -0.25) is 4.79 Å². The van der Waals surface area contributed by atoms with Gasteiger partial charge in [-0.1, -0.05) is 12.8 Å². The van der Waals surface area contributed by atoms with E-state index in [0.29, 0.717) is 10.0 Å². The van der Waals surface area contributed by atoms with Crippen molar-refractivity contribution in [2.75, 3.05) is 0 Å². The molecule has 0 atom stereocenters. The normalized spacial score (nSPS) is 16.5. The second kappa shape index (κ2) is 5.81. The molecule has 0 radical (unpaired) electrons. The summed E-state index contributed by atoms with van der Waals surface area (Å²) in [6.07, 6.45) is 4.19. The molecule has 1 aromatic carbocycles. The molecule has 0 heterocycles. The van der Waals surface area contributed by atoms with Gasteiger partial charge in [-0.2, -0.15) is 0 Å². The van der Waals surface area contributed by atoms with E-state index >= 15 is 0 Å². The van der Waals surface area contributed by atoms with E-state index in [1.54, 1.807) is 6.07 Å². The van der Waals surface area contributed by atoms with E-state index < -0.39 is 9.05 Å². The Morgan fingerprint density at radius 2 is 1.95 bits per heavy atom. The van der Waals surface area contributed by atoms with Crippen LogP contribution in [-0.4, -0.2) is 20.4 Å². The fourth-order valence-corrected chi connectivity index (χ4v) is 4.29. The predicted octanol–water partition coefficient (Wildman–Crippen LogP) is 3.05. The monoisotopic (exact) mass is 365 g/mol. The SMILES string of the molecule is O=C(NC1CCCC1)c1ccc(Br)c(S(=O)(=O)Cl)c1. The van der Waals surface area contributed by atoms with Gasteiger partial charge in [-0.25, -0.2) is 8.42 Å². The highest BCUT2D eigenvalue weighted by Gasteiger charge is 2.20. The highest BCUT2D eigenvalue weighted by Crippen LogP contribution is 2.26. The Morgan fingerprint density at radius 1 is 1.32 bits per heavy atom. The van der Waals surface area contributed by atoms with Crippen molar-refractivity contribution in [2.45, 2.75) is 36.6 Å². The van der Waals surface area contributed by atoms with Gasteiger partial charge in [-0.15, -0.1) is 0 Å². The molecule has 7 heteroatoms. The molecule has 0 saturated heterocycles. The fourth-order valence-electron chi connectivity index (χ4n) is 2.17. The molecule has 104 valence electrons. The van der Waals surface area contributed by atoms with Crippen molar-refractivity contribution in [2.24, 2.45) is 0 Å². The summed E-state index contributed by atoms with van der Waals surface area (Å²) >= 11 is 3.11. The van der Waals surface area contributed by atoms with Crippen LogP contribution >= 0.6 is 26.6 Å². The molecule has 1 fully saturated rings. The standard InChI is InChI=1S/C12H13BrClNO3S/c13-10-6-5-8(7-11(10)19(14,17)18)12(16)15-9-3-1-2-4-9/h5-7,9H,1-4H2,(H,15,16). The van der Waals surface area contributed by atoms with E-state index in [9.17, 15) is 13.2 Å². The van der Waals surface area contributed by atoms with Gasteiger partial charge in [0.15, 0.2) is 0 Å². The molecule has 0 spiro atoms. The summed E-state index contributed by atoms with van der Waals surface area (Å²) in [5, 5.41) is 2.90. The molecule has 1 amide bonds. The molecule has 2 rings (SSSR count). The first-order valence-corrected chi connectivity index (χ1v) is 9.03. The third-order valence-corrected chi connectivity index (χ3v) is 5.46. The lowest BCUT2D eigenvalue weighted by molar-refractivity contribution is 0.0937. The summed E-state index contributed by atoms with van der Waals surface area (Å²) in [6.45, 7) is 0. The summed E-state index contributed by atoms with van der Waals surface area (Å²) < 4.78 is 23.1. The lowest BCUT2D eigenvalue weighted by Gasteiger charge is -2.12. The van der Waals surface area contributed by atoms with Crippen LogP contribution in [0, 0.1) is 0 Å². The molecule has 4 nitrogen and oxygen atoms in total. The Bertz CT molecular complexity index is 597. The van der Waals surface area contributed by atoms with Crippen LogP contribution in [0.15, 0.2) is 27.6 Å². The van der Waals surface area contributed by atoms with Crippen molar-refractivity contribution in [3.05, 3.63) is 28.2 Å². The Morgan fingerprint density at radius 3 is 2.53 bits per heavy atom. The number of hydrogen-bond acceptors (Lipinski definition) is 3. The van der Waals surface area contributed by atoms with E-state index in [-0.39, 0.29) is 16.8 Å². The number of amides is 1. The number of hydrogen-bond donors (Lipinski definition) is 1. The lowest BCUT2D eigenvalue weighted by atomic mass is 10.2. The molecule has 0 unspecified atom stereocenters. The Kier molecular flexibility index (Phi) is 4.53. The second-order valence-corrected chi connectivity index (χ2v) is 7.93. The predicted molar refractivity (Wildman–Crippen MR) is 76.9 cm³/mol. The number of carbonyl (C=O) groups is 1. The molecule has 1 aromatic rings. The van der Waals surface area contributed by atoms with Crippen LogP contribution in [0.5, 0.6) is 0 Å².